The van der Waals surface area contributed by atoms with Gasteiger partial charge in [-0.25, -0.2) is 5.84 Å². The van der Waals surface area contributed by atoms with Crippen LogP contribution < -0.4 is 17.0 Å². The number of benzene rings is 1. The first-order valence-electron chi connectivity index (χ1n) is 4.75. The van der Waals surface area contributed by atoms with Crippen molar-refractivity contribution in [2.24, 2.45) is 11.6 Å². The summed E-state index contributed by atoms with van der Waals surface area (Å²) in [4.78, 5) is 11.2. The molecule has 0 aliphatic heterocycles. The molecule has 4 nitrogen and oxygen atoms in total. The lowest BCUT2D eigenvalue weighted by Gasteiger charge is -2.00. The molecule has 0 aliphatic rings. The molecular weight excluding hydrogens is 190 g/mol. The highest BCUT2D eigenvalue weighted by Crippen LogP contribution is 2.07. The van der Waals surface area contributed by atoms with E-state index in [-0.39, 0.29) is 5.91 Å². The van der Waals surface area contributed by atoms with Crippen molar-refractivity contribution in [2.45, 2.75) is 6.42 Å². The third-order valence-electron chi connectivity index (χ3n) is 1.92. The zero-order chi connectivity index (χ0) is 11.1. The summed E-state index contributed by atoms with van der Waals surface area (Å²) in [6, 6.07) is 7.21. The molecule has 0 fully saturated rings. The summed E-state index contributed by atoms with van der Waals surface area (Å²) < 4.78 is 0. The Balaban J connectivity index is 2.78. The number of rotatable bonds is 4. The summed E-state index contributed by atoms with van der Waals surface area (Å²) >= 11 is 0. The number of nitrogens with two attached hydrogens (primary N) is 2. The van der Waals surface area contributed by atoms with Gasteiger partial charge in [-0.3, -0.25) is 10.2 Å². The zero-order valence-electron chi connectivity index (χ0n) is 8.44. The molecule has 0 aliphatic carbocycles. The van der Waals surface area contributed by atoms with Crippen LogP contribution in [0.25, 0.3) is 6.08 Å². The Kier molecular flexibility index (Phi) is 4.53. The molecule has 0 saturated carbocycles. The first-order valence-corrected chi connectivity index (χ1v) is 4.75. The van der Waals surface area contributed by atoms with E-state index in [0.29, 0.717) is 12.1 Å². The van der Waals surface area contributed by atoms with Gasteiger partial charge in [0.1, 0.15) is 0 Å². The van der Waals surface area contributed by atoms with Crippen LogP contribution in [0.4, 0.5) is 0 Å². The summed E-state index contributed by atoms with van der Waals surface area (Å²) in [5.74, 6) is 4.75. The Morgan fingerprint density at radius 3 is 2.93 bits per heavy atom. The Morgan fingerprint density at radius 1 is 1.47 bits per heavy atom. The topological polar surface area (TPSA) is 81.1 Å². The maximum Gasteiger partial charge on any atom is 0.265 e. The van der Waals surface area contributed by atoms with Crippen LogP contribution in [0.3, 0.4) is 0 Å². The van der Waals surface area contributed by atoms with Crippen LogP contribution in [0, 0.1) is 0 Å². The molecule has 0 unspecified atom stereocenters. The van der Waals surface area contributed by atoms with E-state index in [2.05, 4.69) is 5.43 Å². The second kappa shape index (κ2) is 5.95. The van der Waals surface area contributed by atoms with Crippen LogP contribution in [0.1, 0.15) is 22.3 Å². The molecule has 0 saturated heterocycles. The fourth-order valence-corrected chi connectivity index (χ4v) is 1.18. The van der Waals surface area contributed by atoms with E-state index in [9.17, 15) is 4.79 Å². The van der Waals surface area contributed by atoms with Gasteiger partial charge in [0.25, 0.3) is 5.91 Å². The number of hydrogen-bond donors (Lipinski definition) is 3. The number of carbonyl (C=O) groups excluding carboxylic acids is 1. The molecular formula is C11H15N3O. The van der Waals surface area contributed by atoms with Crippen LogP contribution >= 0.6 is 0 Å². The molecule has 0 radical (unpaired) electrons. The highest BCUT2D eigenvalue weighted by molar-refractivity contribution is 5.94. The summed E-state index contributed by atoms with van der Waals surface area (Å²) in [6.07, 6.45) is 4.73. The van der Waals surface area contributed by atoms with Gasteiger partial charge in [0, 0.05) is 5.56 Å². The number of hydrazine groups is 1. The monoisotopic (exact) mass is 205 g/mol. The zero-order valence-corrected chi connectivity index (χ0v) is 8.44. The Bertz CT molecular complexity index is 361. The average Bonchev–Trinajstić information content (AvgIpc) is 2.29. The lowest BCUT2D eigenvalue weighted by Crippen LogP contribution is -2.29. The molecule has 4 heteroatoms. The normalized spacial score (nSPS) is 10.5. The summed E-state index contributed by atoms with van der Waals surface area (Å²) in [6.45, 7) is 0.624. The van der Waals surface area contributed by atoms with Crippen molar-refractivity contribution in [3.05, 3.63) is 41.5 Å². The molecule has 1 rings (SSSR count). The fraction of sp³-hybridized carbons (Fsp3) is 0.182. The van der Waals surface area contributed by atoms with Gasteiger partial charge in [-0.15, -0.1) is 0 Å². The number of nitrogen functional groups attached to an aromatic ring is 1. The van der Waals surface area contributed by atoms with Gasteiger partial charge in [0.05, 0.1) is 0 Å². The van der Waals surface area contributed by atoms with Crippen LogP contribution in [0.5, 0.6) is 0 Å². The lowest BCUT2D eigenvalue weighted by atomic mass is 10.1. The standard InChI is InChI=1S/C11H15N3O/c12-7-2-1-4-9-5-3-6-10(8-9)11(15)14-13/h1,3-6,8H,2,7,12-13H2,(H,14,15). The molecule has 1 amide bonds. The number of hydrogen-bond acceptors (Lipinski definition) is 3. The molecule has 1 aromatic rings. The van der Waals surface area contributed by atoms with Gasteiger partial charge in [0.2, 0.25) is 0 Å². The first kappa shape index (κ1) is 11.4. The van der Waals surface area contributed by atoms with Crippen molar-refractivity contribution < 1.29 is 4.79 Å². The van der Waals surface area contributed by atoms with Crippen molar-refractivity contribution >= 4 is 12.0 Å². The Hall–Kier alpha value is -1.65. The predicted molar refractivity (Wildman–Crippen MR) is 60.8 cm³/mol. The van der Waals surface area contributed by atoms with Gasteiger partial charge in [-0.2, -0.15) is 0 Å². The molecule has 5 N–H and O–H groups in total. The van der Waals surface area contributed by atoms with Crippen molar-refractivity contribution in [3.8, 4) is 0 Å². The predicted octanol–water partition coefficient (Wildman–Crippen LogP) is 0.652. The smallest absolute Gasteiger partial charge is 0.265 e. The van der Waals surface area contributed by atoms with Gasteiger partial charge in [-0.1, -0.05) is 24.3 Å². The van der Waals surface area contributed by atoms with Gasteiger partial charge in [-0.05, 0) is 30.7 Å². The minimum atomic E-state index is -0.288. The molecule has 0 atom stereocenters. The van der Waals surface area contributed by atoms with Crippen LogP contribution in [0.2, 0.25) is 0 Å². The SMILES string of the molecule is NCCC=Cc1cccc(C(=O)NN)c1. The second-order valence-electron chi connectivity index (χ2n) is 3.08. The first-order chi connectivity index (χ1) is 7.27. The number of amides is 1. The third-order valence-corrected chi connectivity index (χ3v) is 1.92. The average molecular weight is 205 g/mol. The van der Waals surface area contributed by atoms with E-state index in [4.69, 9.17) is 11.6 Å². The highest BCUT2D eigenvalue weighted by Gasteiger charge is 2.01. The van der Waals surface area contributed by atoms with Gasteiger partial charge < -0.3 is 5.73 Å². The molecule has 15 heavy (non-hydrogen) atoms. The number of nitrogens with one attached hydrogen (secondary N) is 1. The van der Waals surface area contributed by atoms with E-state index in [1.807, 2.05) is 24.3 Å². The minimum absolute atomic E-state index is 0.288. The lowest BCUT2D eigenvalue weighted by molar-refractivity contribution is 0.0953. The quantitative estimate of drug-likeness (QED) is 0.383. The van der Waals surface area contributed by atoms with Crippen LogP contribution in [-0.2, 0) is 0 Å². The molecule has 1 aromatic carbocycles. The maximum absolute atomic E-state index is 11.2. The summed E-state index contributed by atoms with van der Waals surface area (Å²) in [7, 11) is 0. The van der Waals surface area contributed by atoms with Crippen molar-refractivity contribution in [2.75, 3.05) is 6.54 Å². The van der Waals surface area contributed by atoms with E-state index < -0.39 is 0 Å². The molecule has 0 bridgehead atoms. The van der Waals surface area contributed by atoms with E-state index in [1.54, 1.807) is 12.1 Å². The van der Waals surface area contributed by atoms with Crippen molar-refractivity contribution in [1.82, 2.24) is 5.43 Å². The van der Waals surface area contributed by atoms with E-state index in [1.165, 1.54) is 0 Å². The maximum atomic E-state index is 11.2. The van der Waals surface area contributed by atoms with Gasteiger partial charge in [0.15, 0.2) is 0 Å². The molecule has 0 spiro atoms. The van der Waals surface area contributed by atoms with Crippen molar-refractivity contribution in [3.63, 3.8) is 0 Å². The summed E-state index contributed by atoms with van der Waals surface area (Å²) in [5.41, 5.74) is 8.96. The molecule has 80 valence electrons. The van der Waals surface area contributed by atoms with Gasteiger partial charge >= 0.3 is 0 Å². The minimum Gasteiger partial charge on any atom is -0.330 e. The third kappa shape index (κ3) is 3.53. The Morgan fingerprint density at radius 2 is 2.27 bits per heavy atom. The van der Waals surface area contributed by atoms with Crippen molar-refractivity contribution in [1.29, 1.82) is 0 Å². The molecule has 0 aromatic heterocycles. The fourth-order valence-electron chi connectivity index (χ4n) is 1.18. The summed E-state index contributed by atoms with van der Waals surface area (Å²) in [5, 5.41) is 0. The highest BCUT2D eigenvalue weighted by atomic mass is 16.2. The van der Waals surface area contributed by atoms with E-state index in [0.717, 1.165) is 12.0 Å². The Labute approximate surface area is 88.9 Å². The largest absolute Gasteiger partial charge is 0.330 e. The second-order valence-corrected chi connectivity index (χ2v) is 3.08. The van der Waals surface area contributed by atoms with E-state index >= 15 is 0 Å². The molecule has 0 heterocycles. The number of carbonyl (C=O) groups is 1. The van der Waals surface area contributed by atoms with Crippen LogP contribution in [-0.4, -0.2) is 12.5 Å². The van der Waals surface area contributed by atoms with Crippen LogP contribution in [0.15, 0.2) is 30.3 Å².